The smallest absolute Gasteiger partial charge is 0.131 e. The molecule has 28 heavy (non-hydrogen) atoms. The van der Waals surface area contributed by atoms with Crippen molar-refractivity contribution in [3.63, 3.8) is 0 Å². The SMILES string of the molecule is C=CN.Fc1ccccc1-c1ccc(N2CCN(c3ccccn3)CC2)cc1. The third-order valence-electron chi connectivity index (χ3n) is 4.67. The molecule has 0 aliphatic carbocycles. The zero-order valence-corrected chi connectivity index (χ0v) is 15.8. The fourth-order valence-corrected chi connectivity index (χ4v) is 3.28. The minimum Gasteiger partial charge on any atom is -0.405 e. The highest BCUT2D eigenvalue weighted by Gasteiger charge is 2.18. The van der Waals surface area contributed by atoms with Crippen molar-refractivity contribution in [2.24, 2.45) is 5.73 Å². The topological polar surface area (TPSA) is 45.4 Å². The zero-order valence-electron chi connectivity index (χ0n) is 15.8. The third kappa shape index (κ3) is 4.68. The van der Waals surface area contributed by atoms with E-state index in [1.807, 2.05) is 42.6 Å². The molecule has 1 aliphatic heterocycles. The quantitative estimate of drug-likeness (QED) is 0.740. The van der Waals surface area contributed by atoms with Crippen molar-refractivity contribution < 1.29 is 4.39 Å². The second kappa shape index (κ2) is 9.55. The van der Waals surface area contributed by atoms with Crippen molar-refractivity contribution in [2.45, 2.75) is 0 Å². The van der Waals surface area contributed by atoms with Crippen molar-refractivity contribution in [1.29, 1.82) is 0 Å². The highest BCUT2D eigenvalue weighted by atomic mass is 19.1. The van der Waals surface area contributed by atoms with Crippen LogP contribution in [0.5, 0.6) is 0 Å². The average Bonchev–Trinajstić information content (AvgIpc) is 2.76. The van der Waals surface area contributed by atoms with Gasteiger partial charge in [-0.15, -0.1) is 0 Å². The maximum atomic E-state index is 13.9. The minimum absolute atomic E-state index is 0.181. The number of piperazine rings is 1. The zero-order chi connectivity index (χ0) is 19.8. The fraction of sp³-hybridized carbons (Fsp3) is 0.174. The van der Waals surface area contributed by atoms with Gasteiger partial charge < -0.3 is 15.5 Å². The highest BCUT2D eigenvalue weighted by Crippen LogP contribution is 2.26. The first kappa shape index (κ1) is 19.4. The second-order valence-electron chi connectivity index (χ2n) is 6.42. The fourth-order valence-electron chi connectivity index (χ4n) is 3.28. The van der Waals surface area contributed by atoms with E-state index in [-0.39, 0.29) is 5.82 Å². The summed E-state index contributed by atoms with van der Waals surface area (Å²) in [6.45, 7) is 6.95. The molecular formula is C23H25FN4. The lowest BCUT2D eigenvalue weighted by Gasteiger charge is -2.36. The van der Waals surface area contributed by atoms with Gasteiger partial charge in [0.15, 0.2) is 0 Å². The maximum Gasteiger partial charge on any atom is 0.131 e. The van der Waals surface area contributed by atoms with Gasteiger partial charge in [0.1, 0.15) is 11.6 Å². The molecular weight excluding hydrogens is 351 g/mol. The van der Waals surface area contributed by atoms with Crippen LogP contribution >= 0.6 is 0 Å². The number of nitrogens with two attached hydrogens (primary N) is 1. The number of aromatic nitrogens is 1. The molecule has 5 heteroatoms. The first-order chi connectivity index (χ1) is 13.7. The largest absolute Gasteiger partial charge is 0.405 e. The predicted octanol–water partition coefficient (Wildman–Crippen LogP) is 4.30. The number of hydrogen-bond acceptors (Lipinski definition) is 4. The van der Waals surface area contributed by atoms with Gasteiger partial charge in [-0.25, -0.2) is 9.37 Å². The standard InChI is InChI=1S/C21H20FN3.C2H5N/c22-20-6-2-1-5-19(20)17-8-10-18(11-9-17)24-13-15-25(16-14-24)21-7-3-4-12-23-21;1-2-3/h1-12H,13-16H2;2H,1,3H2. The Morgan fingerprint density at radius 2 is 1.46 bits per heavy atom. The molecule has 0 saturated carbocycles. The third-order valence-corrected chi connectivity index (χ3v) is 4.67. The van der Waals surface area contributed by atoms with Gasteiger partial charge >= 0.3 is 0 Å². The summed E-state index contributed by atoms with van der Waals surface area (Å²) < 4.78 is 13.9. The lowest BCUT2D eigenvalue weighted by atomic mass is 10.0. The van der Waals surface area contributed by atoms with Crippen LogP contribution in [0.15, 0.2) is 85.7 Å². The molecule has 2 N–H and O–H groups in total. The molecule has 0 unspecified atom stereocenters. The molecule has 1 aromatic heterocycles. The second-order valence-corrected chi connectivity index (χ2v) is 6.42. The Morgan fingerprint density at radius 3 is 2.07 bits per heavy atom. The van der Waals surface area contributed by atoms with Crippen molar-refractivity contribution in [2.75, 3.05) is 36.0 Å². The average molecular weight is 376 g/mol. The molecule has 2 heterocycles. The van der Waals surface area contributed by atoms with Crippen LogP contribution < -0.4 is 15.5 Å². The monoisotopic (exact) mass is 376 g/mol. The number of pyridine rings is 1. The summed E-state index contributed by atoms with van der Waals surface area (Å²) in [7, 11) is 0. The summed E-state index contributed by atoms with van der Waals surface area (Å²) in [5.41, 5.74) is 7.35. The lowest BCUT2D eigenvalue weighted by Crippen LogP contribution is -2.46. The number of nitrogens with zero attached hydrogens (tertiary/aromatic N) is 3. The number of rotatable bonds is 3. The Hall–Kier alpha value is -3.34. The Bertz CT molecular complexity index is 873. The molecule has 0 spiro atoms. The van der Waals surface area contributed by atoms with E-state index in [0.717, 1.165) is 37.6 Å². The van der Waals surface area contributed by atoms with Gasteiger partial charge in [0.05, 0.1) is 0 Å². The van der Waals surface area contributed by atoms with Crippen LogP contribution in [0.4, 0.5) is 15.9 Å². The van der Waals surface area contributed by atoms with Crippen molar-refractivity contribution in [3.05, 3.63) is 91.5 Å². The Kier molecular flexibility index (Phi) is 6.63. The van der Waals surface area contributed by atoms with Crippen LogP contribution in [-0.2, 0) is 0 Å². The van der Waals surface area contributed by atoms with Crippen LogP contribution in [0.25, 0.3) is 11.1 Å². The van der Waals surface area contributed by atoms with Gasteiger partial charge in [-0.05, 0) is 42.1 Å². The van der Waals surface area contributed by atoms with Crippen LogP contribution in [0.2, 0.25) is 0 Å². The summed E-state index contributed by atoms with van der Waals surface area (Å²) in [5.74, 6) is 0.858. The van der Waals surface area contributed by atoms with Gasteiger partial charge in [-0.2, -0.15) is 0 Å². The molecule has 4 rings (SSSR count). The summed E-state index contributed by atoms with van der Waals surface area (Å²) >= 11 is 0. The van der Waals surface area contributed by atoms with E-state index >= 15 is 0 Å². The van der Waals surface area contributed by atoms with E-state index in [1.165, 1.54) is 18.0 Å². The summed E-state index contributed by atoms with van der Waals surface area (Å²) in [5, 5.41) is 0. The summed E-state index contributed by atoms with van der Waals surface area (Å²) in [6.07, 6.45) is 3.09. The van der Waals surface area contributed by atoms with Crippen molar-refractivity contribution >= 4 is 11.5 Å². The van der Waals surface area contributed by atoms with E-state index in [2.05, 4.69) is 45.3 Å². The number of halogens is 1. The van der Waals surface area contributed by atoms with Crippen molar-refractivity contribution in [1.82, 2.24) is 4.98 Å². The molecule has 0 atom stereocenters. The van der Waals surface area contributed by atoms with E-state index in [4.69, 9.17) is 0 Å². The van der Waals surface area contributed by atoms with Gasteiger partial charge in [-0.1, -0.05) is 43.0 Å². The molecule has 2 aromatic carbocycles. The normalized spacial score (nSPS) is 13.5. The summed E-state index contributed by atoms with van der Waals surface area (Å²) in [6, 6.07) is 21.1. The first-order valence-corrected chi connectivity index (χ1v) is 9.31. The van der Waals surface area contributed by atoms with Gasteiger partial charge in [-0.3, -0.25) is 0 Å². The maximum absolute atomic E-state index is 13.9. The Balaban J connectivity index is 0.000000706. The van der Waals surface area contributed by atoms with Crippen LogP contribution in [-0.4, -0.2) is 31.2 Å². The lowest BCUT2D eigenvalue weighted by molar-refractivity contribution is 0.631. The van der Waals surface area contributed by atoms with Gasteiger partial charge in [0.2, 0.25) is 0 Å². The van der Waals surface area contributed by atoms with Crippen molar-refractivity contribution in [3.8, 4) is 11.1 Å². The molecule has 3 aromatic rings. The summed E-state index contributed by atoms with van der Waals surface area (Å²) in [4.78, 5) is 9.10. The molecule has 144 valence electrons. The molecule has 1 saturated heterocycles. The Morgan fingerprint density at radius 1 is 0.857 bits per heavy atom. The molecule has 1 fully saturated rings. The molecule has 0 bridgehead atoms. The van der Waals surface area contributed by atoms with E-state index < -0.39 is 0 Å². The Labute approximate surface area is 165 Å². The highest BCUT2D eigenvalue weighted by molar-refractivity contribution is 5.67. The number of benzene rings is 2. The molecule has 0 amide bonds. The molecule has 4 nitrogen and oxygen atoms in total. The van der Waals surface area contributed by atoms with E-state index in [9.17, 15) is 4.39 Å². The van der Waals surface area contributed by atoms with Crippen LogP contribution in [0.3, 0.4) is 0 Å². The van der Waals surface area contributed by atoms with Crippen LogP contribution in [0, 0.1) is 5.82 Å². The van der Waals surface area contributed by atoms with Gasteiger partial charge in [0, 0.05) is 43.6 Å². The van der Waals surface area contributed by atoms with Crippen LogP contribution in [0.1, 0.15) is 0 Å². The van der Waals surface area contributed by atoms with E-state index in [1.54, 1.807) is 6.07 Å². The predicted molar refractivity (Wildman–Crippen MR) is 115 cm³/mol. The van der Waals surface area contributed by atoms with Gasteiger partial charge in [0.25, 0.3) is 0 Å². The first-order valence-electron chi connectivity index (χ1n) is 9.31. The van der Waals surface area contributed by atoms with E-state index in [0.29, 0.717) is 5.56 Å². The molecule has 1 aliphatic rings. The molecule has 0 radical (unpaired) electrons. The number of anilines is 2. The minimum atomic E-state index is -0.181. The number of hydrogen-bond donors (Lipinski definition) is 1.